The zero-order valence-corrected chi connectivity index (χ0v) is 19.2. The lowest BCUT2D eigenvalue weighted by molar-refractivity contribution is -0.126. The number of carbonyl (C=O) groups is 1. The molecule has 2 atom stereocenters. The van der Waals surface area contributed by atoms with Crippen LogP contribution in [0.2, 0.25) is 0 Å². The minimum Gasteiger partial charge on any atom is -0.489 e. The maximum atomic E-state index is 13.3. The van der Waals surface area contributed by atoms with Crippen molar-refractivity contribution < 1.29 is 9.53 Å². The molecule has 2 aliphatic rings. The van der Waals surface area contributed by atoms with E-state index in [9.17, 15) is 4.79 Å². The Morgan fingerprint density at radius 1 is 0.788 bits per heavy atom. The van der Waals surface area contributed by atoms with Crippen LogP contribution in [0, 0.1) is 5.92 Å². The highest BCUT2D eigenvalue weighted by Gasteiger charge is 2.40. The van der Waals surface area contributed by atoms with Crippen molar-refractivity contribution in [3.63, 3.8) is 0 Å². The van der Waals surface area contributed by atoms with E-state index < -0.39 is 0 Å². The molecule has 0 spiro atoms. The summed E-state index contributed by atoms with van der Waals surface area (Å²) in [6.45, 7) is 1.55. The molecule has 3 heteroatoms. The molecule has 0 N–H and O–H groups in total. The Morgan fingerprint density at radius 3 is 2.12 bits per heavy atom. The zero-order valence-electron chi connectivity index (χ0n) is 19.2. The summed E-state index contributed by atoms with van der Waals surface area (Å²) in [5, 5.41) is 0. The smallest absolute Gasteiger partial charge is 0.140 e. The van der Waals surface area contributed by atoms with Crippen LogP contribution in [0.5, 0.6) is 5.75 Å². The van der Waals surface area contributed by atoms with Gasteiger partial charge in [-0.3, -0.25) is 9.69 Å². The summed E-state index contributed by atoms with van der Waals surface area (Å²) in [4.78, 5) is 16.0. The predicted molar refractivity (Wildman–Crippen MR) is 132 cm³/mol. The standard InChI is InChI=1S/C30H33NO2/c32-30(18-25-13-7-16-29(17-25)33-22-24-11-5-2-6-12-24)26-19-27-14-8-15-28(20-26)31(27)21-23-9-3-1-4-10-23/h1-7,9-13,16-17,26-28H,8,14-15,18-22H2. The quantitative estimate of drug-likeness (QED) is 0.418. The fourth-order valence-corrected chi connectivity index (χ4v) is 5.63. The first-order valence-electron chi connectivity index (χ1n) is 12.3. The molecule has 33 heavy (non-hydrogen) atoms. The lowest BCUT2D eigenvalue weighted by Crippen LogP contribution is -2.52. The SMILES string of the molecule is O=C(Cc1cccc(OCc2ccccc2)c1)C1CC2CCCC(C1)N2Cc1ccccc1. The number of ketones is 1. The van der Waals surface area contributed by atoms with Crippen molar-refractivity contribution in [3.05, 3.63) is 102 Å². The number of carbonyl (C=O) groups excluding carboxylic acids is 1. The summed E-state index contributed by atoms with van der Waals surface area (Å²) < 4.78 is 5.97. The largest absolute Gasteiger partial charge is 0.489 e. The molecule has 2 heterocycles. The molecule has 0 radical (unpaired) electrons. The van der Waals surface area contributed by atoms with E-state index in [1.54, 1.807) is 0 Å². The molecule has 0 saturated carbocycles. The van der Waals surface area contributed by atoms with E-state index in [1.807, 2.05) is 36.4 Å². The molecule has 3 nitrogen and oxygen atoms in total. The lowest BCUT2D eigenvalue weighted by atomic mass is 9.75. The van der Waals surface area contributed by atoms with Gasteiger partial charge in [0.2, 0.25) is 0 Å². The third-order valence-corrected chi connectivity index (χ3v) is 7.31. The van der Waals surface area contributed by atoms with Crippen molar-refractivity contribution in [2.45, 2.75) is 63.8 Å². The normalized spacial score (nSPS) is 22.6. The minimum atomic E-state index is 0.182. The van der Waals surface area contributed by atoms with Crippen molar-refractivity contribution in [3.8, 4) is 5.75 Å². The summed E-state index contributed by atoms with van der Waals surface area (Å²) in [7, 11) is 0. The van der Waals surface area contributed by atoms with Crippen molar-refractivity contribution in [1.82, 2.24) is 4.90 Å². The first-order chi connectivity index (χ1) is 16.2. The Balaban J connectivity index is 1.19. The predicted octanol–water partition coefficient (Wildman–Crippen LogP) is 6.21. The Kier molecular flexibility index (Phi) is 6.87. The fraction of sp³-hybridized carbons (Fsp3) is 0.367. The number of fused-ring (bicyclic) bond motifs is 2. The monoisotopic (exact) mass is 439 g/mol. The van der Waals surface area contributed by atoms with Gasteiger partial charge in [-0.25, -0.2) is 0 Å². The van der Waals surface area contributed by atoms with Crippen LogP contribution in [0.4, 0.5) is 0 Å². The minimum absolute atomic E-state index is 0.182. The van der Waals surface area contributed by atoms with Crippen LogP contribution >= 0.6 is 0 Å². The molecule has 2 aliphatic heterocycles. The summed E-state index contributed by atoms with van der Waals surface area (Å²) >= 11 is 0. The molecule has 2 fully saturated rings. The number of rotatable bonds is 8. The van der Waals surface area contributed by atoms with Crippen molar-refractivity contribution in [1.29, 1.82) is 0 Å². The van der Waals surface area contributed by atoms with Crippen LogP contribution in [0.1, 0.15) is 48.8 Å². The molecule has 3 aromatic rings. The van der Waals surface area contributed by atoms with Crippen LogP contribution in [0.25, 0.3) is 0 Å². The number of piperidine rings is 2. The number of Topliss-reactive ketones (excluding diaryl/α,β-unsaturated/α-hetero) is 1. The Bertz CT molecular complexity index is 1040. The van der Waals surface area contributed by atoms with Crippen molar-refractivity contribution >= 4 is 5.78 Å². The molecule has 0 aliphatic carbocycles. The molecule has 0 aromatic heterocycles. The number of nitrogens with zero attached hydrogens (tertiary/aromatic N) is 1. The second-order valence-electron chi connectivity index (χ2n) is 9.63. The van der Waals surface area contributed by atoms with Gasteiger partial charge in [-0.2, -0.15) is 0 Å². The van der Waals surface area contributed by atoms with E-state index in [-0.39, 0.29) is 5.92 Å². The van der Waals surface area contributed by atoms with Gasteiger partial charge in [-0.1, -0.05) is 79.2 Å². The molecule has 2 unspecified atom stereocenters. The molecule has 2 bridgehead atoms. The van der Waals surface area contributed by atoms with Crippen LogP contribution < -0.4 is 4.74 Å². The van der Waals surface area contributed by atoms with Gasteiger partial charge in [0.15, 0.2) is 0 Å². The Hall–Kier alpha value is -2.91. The van der Waals surface area contributed by atoms with Crippen molar-refractivity contribution in [2.24, 2.45) is 5.92 Å². The van der Waals surface area contributed by atoms with Gasteiger partial charge in [0.1, 0.15) is 18.1 Å². The van der Waals surface area contributed by atoms with Gasteiger partial charge < -0.3 is 4.74 Å². The highest BCUT2D eigenvalue weighted by molar-refractivity contribution is 5.83. The molecule has 3 aromatic carbocycles. The molecule has 2 saturated heterocycles. The number of benzene rings is 3. The van der Waals surface area contributed by atoms with E-state index in [0.717, 1.165) is 36.3 Å². The van der Waals surface area contributed by atoms with Crippen LogP contribution in [0.3, 0.4) is 0 Å². The van der Waals surface area contributed by atoms with Gasteiger partial charge in [0.05, 0.1) is 0 Å². The summed E-state index contributed by atoms with van der Waals surface area (Å²) in [5.74, 6) is 1.41. The maximum Gasteiger partial charge on any atom is 0.140 e. The number of hydrogen-bond donors (Lipinski definition) is 0. The van der Waals surface area contributed by atoms with E-state index in [2.05, 4.69) is 53.4 Å². The highest BCUT2D eigenvalue weighted by atomic mass is 16.5. The van der Waals surface area contributed by atoms with E-state index >= 15 is 0 Å². The molecule has 5 rings (SSSR count). The fourth-order valence-electron chi connectivity index (χ4n) is 5.63. The van der Waals surface area contributed by atoms with E-state index in [0.29, 0.717) is 30.9 Å². The average Bonchev–Trinajstić information content (AvgIpc) is 2.84. The molecule has 170 valence electrons. The summed E-state index contributed by atoms with van der Waals surface area (Å²) in [6.07, 6.45) is 6.25. The van der Waals surface area contributed by atoms with Crippen LogP contribution in [-0.2, 0) is 24.4 Å². The molecular formula is C30H33NO2. The summed E-state index contributed by atoms with van der Waals surface area (Å²) in [5.41, 5.74) is 3.58. The third-order valence-electron chi connectivity index (χ3n) is 7.31. The number of hydrogen-bond acceptors (Lipinski definition) is 3. The Morgan fingerprint density at radius 2 is 1.42 bits per heavy atom. The van der Waals surface area contributed by atoms with E-state index in [4.69, 9.17) is 4.74 Å². The highest BCUT2D eigenvalue weighted by Crippen LogP contribution is 2.38. The summed E-state index contributed by atoms with van der Waals surface area (Å²) in [6, 6.07) is 30.1. The van der Waals surface area contributed by atoms with E-state index in [1.165, 1.54) is 24.8 Å². The maximum absolute atomic E-state index is 13.3. The average molecular weight is 440 g/mol. The second-order valence-corrected chi connectivity index (χ2v) is 9.63. The molecule has 0 amide bonds. The lowest BCUT2D eigenvalue weighted by Gasteiger charge is -2.48. The van der Waals surface area contributed by atoms with Gasteiger partial charge >= 0.3 is 0 Å². The number of ether oxygens (including phenoxy) is 1. The zero-order chi connectivity index (χ0) is 22.5. The molecular weight excluding hydrogens is 406 g/mol. The van der Waals surface area contributed by atoms with Gasteiger partial charge in [0.25, 0.3) is 0 Å². The van der Waals surface area contributed by atoms with Crippen LogP contribution in [-0.4, -0.2) is 22.8 Å². The van der Waals surface area contributed by atoms with Gasteiger partial charge in [0, 0.05) is 31.0 Å². The second kappa shape index (κ2) is 10.4. The van der Waals surface area contributed by atoms with Gasteiger partial charge in [-0.15, -0.1) is 0 Å². The first kappa shape index (κ1) is 21.9. The third kappa shape index (κ3) is 5.54. The first-order valence-corrected chi connectivity index (χ1v) is 12.3. The topological polar surface area (TPSA) is 29.5 Å². The van der Waals surface area contributed by atoms with Crippen molar-refractivity contribution in [2.75, 3.05) is 0 Å². The van der Waals surface area contributed by atoms with Gasteiger partial charge in [-0.05, 0) is 54.5 Å². The van der Waals surface area contributed by atoms with Crippen LogP contribution in [0.15, 0.2) is 84.9 Å². The Labute approximate surface area is 197 Å².